The summed E-state index contributed by atoms with van der Waals surface area (Å²) in [5, 5.41) is 19.5. The Labute approximate surface area is 534 Å². The van der Waals surface area contributed by atoms with Crippen LogP contribution < -0.4 is 31.9 Å². The van der Waals surface area contributed by atoms with Crippen LogP contribution in [0.1, 0.15) is 124 Å². The Morgan fingerprint density at radius 3 is 1.23 bits per heavy atom. The number of amides is 6. The molecular weight excluding hydrogens is 1160 g/mol. The van der Waals surface area contributed by atoms with Gasteiger partial charge in [-0.25, -0.2) is 0 Å². The molecule has 2 aliphatic heterocycles. The highest BCUT2D eigenvalue weighted by Crippen LogP contribution is 2.36. The molecule has 4 aromatic heterocycles. The van der Waals surface area contributed by atoms with Crippen LogP contribution in [0.5, 0.6) is 0 Å². The molecule has 0 unspecified atom stereocenters. The van der Waals surface area contributed by atoms with Crippen molar-refractivity contribution in [3.05, 3.63) is 120 Å². The summed E-state index contributed by atoms with van der Waals surface area (Å²) in [6.45, 7) is 17.6. The van der Waals surface area contributed by atoms with Crippen LogP contribution in [-0.4, -0.2) is 195 Å². The number of carbonyl (C=O) groups is 6. The van der Waals surface area contributed by atoms with Gasteiger partial charge in [0.15, 0.2) is 0 Å². The molecule has 6 N–H and O–H groups in total. The number of benzene rings is 2. The topological polar surface area (TPSA) is 263 Å². The van der Waals surface area contributed by atoms with Gasteiger partial charge in [0.05, 0.1) is 123 Å². The molecule has 6 atom stereocenters. The van der Waals surface area contributed by atoms with Gasteiger partial charge < -0.3 is 74.5 Å². The van der Waals surface area contributed by atoms with E-state index in [1.807, 2.05) is 120 Å². The molecule has 2 saturated heterocycles. The van der Waals surface area contributed by atoms with Gasteiger partial charge in [-0.2, -0.15) is 0 Å². The highest BCUT2D eigenvalue weighted by Gasteiger charge is 2.39. The van der Waals surface area contributed by atoms with E-state index < -0.39 is 24.2 Å². The van der Waals surface area contributed by atoms with Crippen LogP contribution in [-0.2, 0) is 42.9 Å². The SMILES string of the molecule is CN[C@@H](C)C(=O)N[C@H](C(=O)N1CCC[C@H]1c1cncc(-n2cc(C(=O)NCCCOCCOCCOCCOCCOCCCNC(=O)c3cn(-c4cncc([C@@H]5CCCN5C(=O)[C@@H](NC(=O)[C@H](C)NC)C(C)C)c4)c4ccccc34)c3ccccc32)c1)C(C)C. The van der Waals surface area contributed by atoms with Gasteiger partial charge in [-0.1, -0.05) is 64.1 Å². The number of hydrogen-bond acceptors (Lipinski definition) is 15. The number of para-hydroxylation sites is 2. The molecule has 91 heavy (non-hydrogen) atoms. The molecule has 8 rings (SSSR count). The van der Waals surface area contributed by atoms with E-state index in [4.69, 9.17) is 23.7 Å². The molecular formula is C68H94N12O11. The molecule has 0 radical (unpaired) electrons. The van der Waals surface area contributed by atoms with Gasteiger partial charge in [0, 0.05) is 75.0 Å². The Morgan fingerprint density at radius 1 is 0.505 bits per heavy atom. The largest absolute Gasteiger partial charge is 0.379 e. The van der Waals surface area contributed by atoms with Crippen molar-refractivity contribution in [2.75, 3.05) is 106 Å². The molecule has 2 aliphatic rings. The van der Waals surface area contributed by atoms with Crippen LogP contribution in [0.15, 0.2) is 97.8 Å². The number of likely N-dealkylation sites (tertiary alicyclic amines) is 2. The first-order valence-corrected chi connectivity index (χ1v) is 32.2. The van der Waals surface area contributed by atoms with Crippen molar-refractivity contribution in [3.8, 4) is 11.4 Å². The molecule has 6 aromatic rings. The van der Waals surface area contributed by atoms with Crippen molar-refractivity contribution >= 4 is 57.2 Å². The second-order valence-corrected chi connectivity index (χ2v) is 24.0. The van der Waals surface area contributed by atoms with Gasteiger partial charge in [0.25, 0.3) is 11.8 Å². The smallest absolute Gasteiger partial charge is 0.253 e. The maximum absolute atomic E-state index is 14.0. The summed E-state index contributed by atoms with van der Waals surface area (Å²) >= 11 is 0. The molecule has 0 aliphatic carbocycles. The maximum Gasteiger partial charge on any atom is 0.253 e. The number of ether oxygens (including phenoxy) is 5. The average molecular weight is 1260 g/mol. The second kappa shape index (κ2) is 34.7. The fraction of sp³-hybridized carbons (Fsp3) is 0.529. The lowest BCUT2D eigenvalue weighted by Gasteiger charge is -2.32. The van der Waals surface area contributed by atoms with Crippen LogP contribution in [0, 0.1) is 11.8 Å². The number of nitrogens with zero attached hydrogens (tertiary/aromatic N) is 6. The second-order valence-electron chi connectivity index (χ2n) is 24.0. The van der Waals surface area contributed by atoms with E-state index in [-0.39, 0.29) is 59.4 Å². The lowest BCUT2D eigenvalue weighted by Crippen LogP contribution is -2.54. The molecule has 23 heteroatoms. The zero-order valence-electron chi connectivity index (χ0n) is 54.2. The summed E-state index contributed by atoms with van der Waals surface area (Å²) in [7, 11) is 3.43. The fourth-order valence-corrected chi connectivity index (χ4v) is 11.5. The zero-order valence-corrected chi connectivity index (χ0v) is 54.2. The molecule has 0 saturated carbocycles. The Hall–Kier alpha value is -7.64. The Bertz CT molecular complexity index is 3150. The van der Waals surface area contributed by atoms with E-state index in [9.17, 15) is 28.8 Å². The minimum atomic E-state index is -0.657. The number of rotatable bonds is 36. The summed E-state index contributed by atoms with van der Waals surface area (Å²) in [6, 6.07) is 17.0. The van der Waals surface area contributed by atoms with Gasteiger partial charge in [-0.05, 0) is 114 Å². The predicted molar refractivity (Wildman–Crippen MR) is 348 cm³/mol. The fourth-order valence-electron chi connectivity index (χ4n) is 11.5. The monoisotopic (exact) mass is 1250 g/mol. The van der Waals surface area contributed by atoms with Crippen molar-refractivity contribution in [1.29, 1.82) is 0 Å². The quantitative estimate of drug-likeness (QED) is 0.0239. The van der Waals surface area contributed by atoms with E-state index in [1.165, 1.54) is 0 Å². The highest BCUT2D eigenvalue weighted by atomic mass is 16.6. The average Bonchev–Trinajstić information content (AvgIpc) is 1.93. The summed E-state index contributed by atoms with van der Waals surface area (Å²) in [4.78, 5) is 93.8. The minimum Gasteiger partial charge on any atom is -0.379 e. The first kappa shape index (κ1) is 69.3. The zero-order chi connectivity index (χ0) is 64.8. The number of fused-ring (bicyclic) bond motifs is 2. The Morgan fingerprint density at radius 2 is 0.868 bits per heavy atom. The lowest BCUT2D eigenvalue weighted by molar-refractivity contribution is -0.139. The first-order valence-electron chi connectivity index (χ1n) is 32.2. The number of hydrogen-bond donors (Lipinski definition) is 6. The number of nitrogens with one attached hydrogen (secondary N) is 6. The van der Waals surface area contributed by atoms with Gasteiger partial charge >= 0.3 is 0 Å². The third-order valence-corrected chi connectivity index (χ3v) is 16.9. The summed E-state index contributed by atoms with van der Waals surface area (Å²) in [5.74, 6) is -1.24. The van der Waals surface area contributed by atoms with Crippen LogP contribution in [0.25, 0.3) is 33.2 Å². The Kier molecular flexibility index (Phi) is 26.4. The van der Waals surface area contributed by atoms with Gasteiger partial charge in [0.1, 0.15) is 12.1 Å². The summed E-state index contributed by atoms with van der Waals surface area (Å²) in [6.07, 6.45) is 15.2. The number of likely N-dealkylation sites (N-methyl/N-ethyl adjacent to an activating group) is 2. The van der Waals surface area contributed by atoms with Crippen molar-refractivity contribution in [1.82, 2.24) is 60.8 Å². The standard InChI is InChI=1S/C68H94N12O11/c1-45(2)61(75-63(81)47(5)69-7)67(85)77-25-13-21-57(77)49-37-51(41-71-39-49)79-43-55(53-17-9-11-19-59(53)79)65(83)73-23-15-27-87-29-31-89-33-35-91-36-34-90-32-30-88-28-16-24-74-66(84)56-44-80(60-20-12-10-18-54(56)60)52-38-50(40-72-42-52)58-22-14-26-78(58)68(86)62(46(3)4)76-64(82)48(6)70-8/h9-12,17-20,37-48,57-58,61-62,69-70H,13-16,21-36H2,1-8H3,(H,73,83)(H,74,84)(H,75,81)(H,76,82)/t47-,48-,57-,58-,61-,62-/m0/s1. The van der Waals surface area contributed by atoms with E-state index in [0.29, 0.717) is 116 Å². The predicted octanol–water partition coefficient (Wildman–Crippen LogP) is 6.21. The van der Waals surface area contributed by atoms with E-state index in [1.54, 1.807) is 52.7 Å². The number of aromatic nitrogens is 4. The molecule has 0 bridgehead atoms. The van der Waals surface area contributed by atoms with Crippen molar-refractivity contribution < 1.29 is 52.5 Å². The normalized spacial score (nSPS) is 16.4. The third-order valence-electron chi connectivity index (χ3n) is 16.9. The molecule has 23 nitrogen and oxygen atoms in total. The Balaban J connectivity index is 0.661. The van der Waals surface area contributed by atoms with Crippen LogP contribution in [0.4, 0.5) is 0 Å². The molecule has 492 valence electrons. The summed E-state index contributed by atoms with van der Waals surface area (Å²) in [5.41, 5.74) is 6.13. The van der Waals surface area contributed by atoms with Gasteiger partial charge in [0.2, 0.25) is 23.6 Å². The van der Waals surface area contributed by atoms with E-state index in [0.717, 1.165) is 70.0 Å². The third kappa shape index (κ3) is 18.3. The van der Waals surface area contributed by atoms with Crippen molar-refractivity contribution in [2.45, 2.75) is 116 Å². The molecule has 2 fully saturated rings. The van der Waals surface area contributed by atoms with Crippen molar-refractivity contribution in [3.63, 3.8) is 0 Å². The lowest BCUT2D eigenvalue weighted by atomic mass is 10.00. The van der Waals surface area contributed by atoms with Crippen molar-refractivity contribution in [2.24, 2.45) is 11.8 Å². The van der Waals surface area contributed by atoms with E-state index in [2.05, 4.69) is 41.9 Å². The van der Waals surface area contributed by atoms with Crippen LogP contribution in [0.2, 0.25) is 0 Å². The van der Waals surface area contributed by atoms with Gasteiger partial charge in [-0.15, -0.1) is 0 Å². The van der Waals surface area contributed by atoms with Crippen LogP contribution >= 0.6 is 0 Å². The van der Waals surface area contributed by atoms with Gasteiger partial charge in [-0.3, -0.25) is 38.7 Å². The van der Waals surface area contributed by atoms with Crippen LogP contribution in [0.3, 0.4) is 0 Å². The molecule has 6 amide bonds. The highest BCUT2D eigenvalue weighted by molar-refractivity contribution is 6.08. The molecule has 6 heterocycles. The molecule has 0 spiro atoms. The summed E-state index contributed by atoms with van der Waals surface area (Å²) < 4.78 is 32.4. The number of pyridine rings is 2. The number of carbonyl (C=O) groups excluding carboxylic acids is 6. The van der Waals surface area contributed by atoms with E-state index >= 15 is 0 Å². The maximum atomic E-state index is 14.0. The molecule has 2 aromatic carbocycles. The minimum absolute atomic E-state index is 0.101. The first-order chi connectivity index (χ1) is 44.1.